The van der Waals surface area contributed by atoms with E-state index in [1.54, 1.807) is 13.0 Å². The summed E-state index contributed by atoms with van der Waals surface area (Å²) in [6.07, 6.45) is -0.661. The van der Waals surface area contributed by atoms with Crippen molar-refractivity contribution in [2.45, 2.75) is 30.9 Å². The molecule has 6 rings (SSSR count). The van der Waals surface area contributed by atoms with Crippen molar-refractivity contribution in [2.75, 3.05) is 6.61 Å². The van der Waals surface area contributed by atoms with E-state index < -0.39 is 23.7 Å². The van der Waals surface area contributed by atoms with Crippen LogP contribution in [0.5, 0.6) is 0 Å². The van der Waals surface area contributed by atoms with E-state index in [4.69, 9.17) is 21.1 Å². The second-order valence-electron chi connectivity index (χ2n) is 10.9. The lowest BCUT2D eigenvalue weighted by Gasteiger charge is -2.36. The van der Waals surface area contributed by atoms with E-state index >= 15 is 0 Å². The molecule has 44 heavy (non-hydrogen) atoms. The lowest BCUT2D eigenvalue weighted by molar-refractivity contribution is -0.154. The quantitative estimate of drug-likeness (QED) is 0.136. The normalized spacial score (nSPS) is 13.0. The number of carbonyl (C=O) groups excluding carboxylic acids is 2. The van der Waals surface area contributed by atoms with Gasteiger partial charge in [-0.15, -0.1) is 0 Å². The molecule has 0 bridgehead atoms. The summed E-state index contributed by atoms with van der Waals surface area (Å²) in [4.78, 5) is 26.6. The highest BCUT2D eigenvalue weighted by Crippen LogP contribution is 2.45. The summed E-state index contributed by atoms with van der Waals surface area (Å²) in [5.74, 6) is -0.550. The van der Waals surface area contributed by atoms with Gasteiger partial charge in [-0.2, -0.15) is 0 Å². The molecule has 0 saturated carbocycles. The smallest absolute Gasteiger partial charge is 0.407 e. The van der Waals surface area contributed by atoms with E-state index in [1.807, 2.05) is 103 Å². The van der Waals surface area contributed by atoms with Crippen molar-refractivity contribution in [3.8, 4) is 11.1 Å². The van der Waals surface area contributed by atoms with Crippen molar-refractivity contribution >= 4 is 23.7 Å². The maximum absolute atomic E-state index is 13.7. The standard InChI is InChI=1S/C38H32ClNO4/c1-26(40-37(42)43-25-33-31-20-10-8-18-29(31)30-19-9-11-21-32(30)33)24-36(41)44-38(27-14-4-2-5-15-27,28-16-6-3-7-17-28)34-22-12-13-23-35(34)39/h2-23,26,33H,24-25H2,1H3,(H,40,42)/t26-/m1/s1. The van der Waals surface area contributed by atoms with Gasteiger partial charge in [0.05, 0.1) is 6.42 Å². The third-order valence-electron chi connectivity index (χ3n) is 8.06. The molecule has 1 aliphatic rings. The zero-order valence-electron chi connectivity index (χ0n) is 24.3. The minimum Gasteiger partial charge on any atom is -0.449 e. The van der Waals surface area contributed by atoms with Crippen LogP contribution < -0.4 is 5.32 Å². The van der Waals surface area contributed by atoms with Gasteiger partial charge in [0.2, 0.25) is 0 Å². The number of halogens is 1. The van der Waals surface area contributed by atoms with Crippen LogP contribution in [0.4, 0.5) is 4.79 Å². The second-order valence-corrected chi connectivity index (χ2v) is 11.3. The summed E-state index contributed by atoms with van der Waals surface area (Å²) in [6, 6.07) is 42.3. The van der Waals surface area contributed by atoms with Crippen molar-refractivity contribution in [1.82, 2.24) is 5.32 Å². The third-order valence-corrected chi connectivity index (χ3v) is 8.39. The molecule has 6 heteroatoms. The second kappa shape index (κ2) is 12.8. The minimum atomic E-state index is -1.30. The van der Waals surface area contributed by atoms with Gasteiger partial charge in [-0.1, -0.05) is 139 Å². The predicted molar refractivity (Wildman–Crippen MR) is 173 cm³/mol. The Kier molecular flexibility index (Phi) is 8.49. The predicted octanol–water partition coefficient (Wildman–Crippen LogP) is 8.49. The Morgan fingerprint density at radius 1 is 0.727 bits per heavy atom. The van der Waals surface area contributed by atoms with Crippen molar-refractivity contribution in [3.05, 3.63) is 166 Å². The maximum atomic E-state index is 13.7. The summed E-state index contributed by atoms with van der Waals surface area (Å²) in [6.45, 7) is 1.94. The number of rotatable bonds is 9. The minimum absolute atomic E-state index is 0.0543. The van der Waals surface area contributed by atoms with Crippen LogP contribution in [-0.2, 0) is 19.9 Å². The lowest BCUT2D eigenvalue weighted by atomic mass is 9.80. The summed E-state index contributed by atoms with van der Waals surface area (Å²) in [5.41, 5.74) is 5.44. The van der Waals surface area contributed by atoms with Crippen molar-refractivity contribution in [3.63, 3.8) is 0 Å². The molecule has 0 aromatic heterocycles. The van der Waals surface area contributed by atoms with Crippen LogP contribution in [0.3, 0.4) is 0 Å². The summed E-state index contributed by atoms with van der Waals surface area (Å²) < 4.78 is 12.1. The van der Waals surface area contributed by atoms with E-state index in [2.05, 4.69) is 29.6 Å². The van der Waals surface area contributed by atoms with Gasteiger partial charge in [0.1, 0.15) is 6.61 Å². The fourth-order valence-corrected chi connectivity index (χ4v) is 6.37. The van der Waals surface area contributed by atoms with Gasteiger partial charge >= 0.3 is 12.1 Å². The van der Waals surface area contributed by atoms with Gasteiger partial charge < -0.3 is 14.8 Å². The molecule has 5 nitrogen and oxygen atoms in total. The van der Waals surface area contributed by atoms with Gasteiger partial charge in [-0.25, -0.2) is 4.79 Å². The number of hydrogen-bond donors (Lipinski definition) is 1. The molecule has 0 fully saturated rings. The van der Waals surface area contributed by atoms with E-state index in [0.717, 1.165) is 33.4 Å². The Morgan fingerprint density at radius 2 is 1.23 bits per heavy atom. The van der Waals surface area contributed by atoms with Crippen LogP contribution >= 0.6 is 11.6 Å². The highest BCUT2D eigenvalue weighted by molar-refractivity contribution is 6.31. The third kappa shape index (κ3) is 5.71. The zero-order valence-corrected chi connectivity index (χ0v) is 25.0. The van der Waals surface area contributed by atoms with Crippen LogP contribution in [0, 0.1) is 0 Å². The van der Waals surface area contributed by atoms with Crippen LogP contribution in [0.1, 0.15) is 47.1 Å². The Balaban J connectivity index is 1.18. The first-order valence-electron chi connectivity index (χ1n) is 14.7. The first-order chi connectivity index (χ1) is 21.5. The number of hydrogen-bond acceptors (Lipinski definition) is 4. The fraction of sp³-hybridized carbons (Fsp3) is 0.158. The van der Waals surface area contributed by atoms with Gasteiger partial charge in [-0.3, -0.25) is 4.79 Å². The SMILES string of the molecule is C[C@H](CC(=O)OC(c1ccccc1)(c1ccccc1)c1ccccc1Cl)NC(=O)OCC1c2ccccc2-c2ccccc21. The number of benzene rings is 5. The monoisotopic (exact) mass is 601 g/mol. The molecule has 1 amide bonds. The number of amides is 1. The molecule has 220 valence electrons. The number of carbonyl (C=O) groups is 2. The average Bonchev–Trinajstić information content (AvgIpc) is 3.37. The van der Waals surface area contributed by atoms with Crippen molar-refractivity contribution in [2.24, 2.45) is 0 Å². The van der Waals surface area contributed by atoms with Gasteiger partial charge in [-0.05, 0) is 35.2 Å². The average molecular weight is 602 g/mol. The molecule has 5 aromatic rings. The number of alkyl carbamates (subject to hydrolysis) is 1. The molecule has 0 saturated heterocycles. The maximum Gasteiger partial charge on any atom is 0.407 e. The van der Waals surface area contributed by atoms with Crippen LogP contribution in [0.25, 0.3) is 11.1 Å². The topological polar surface area (TPSA) is 64.6 Å². The summed E-state index contributed by atoms with van der Waals surface area (Å²) >= 11 is 6.75. The Labute approximate surface area is 262 Å². The molecule has 0 spiro atoms. The number of ether oxygens (including phenoxy) is 2. The van der Waals surface area contributed by atoms with Gasteiger partial charge in [0.25, 0.3) is 0 Å². The van der Waals surface area contributed by atoms with Crippen LogP contribution in [-0.4, -0.2) is 24.7 Å². The molecular formula is C38H32ClNO4. The number of esters is 1. The Bertz CT molecular complexity index is 1690. The molecule has 0 aliphatic heterocycles. The first kappa shape index (κ1) is 29.2. The van der Waals surface area contributed by atoms with Crippen LogP contribution in [0.15, 0.2) is 133 Å². The fourth-order valence-electron chi connectivity index (χ4n) is 6.10. The van der Waals surface area contributed by atoms with E-state index in [1.165, 1.54) is 0 Å². The van der Waals surface area contributed by atoms with E-state index in [9.17, 15) is 9.59 Å². The van der Waals surface area contributed by atoms with Crippen molar-refractivity contribution in [1.29, 1.82) is 0 Å². The van der Waals surface area contributed by atoms with E-state index in [0.29, 0.717) is 10.6 Å². The largest absolute Gasteiger partial charge is 0.449 e. The number of fused-ring (bicyclic) bond motifs is 3. The lowest BCUT2D eigenvalue weighted by Crippen LogP contribution is -2.39. The first-order valence-corrected chi connectivity index (χ1v) is 15.0. The Hall–Kier alpha value is -4.87. The molecule has 0 heterocycles. The highest BCUT2D eigenvalue weighted by atomic mass is 35.5. The molecule has 0 radical (unpaired) electrons. The van der Waals surface area contributed by atoms with E-state index in [-0.39, 0.29) is 18.9 Å². The van der Waals surface area contributed by atoms with Crippen LogP contribution in [0.2, 0.25) is 5.02 Å². The highest BCUT2D eigenvalue weighted by Gasteiger charge is 2.42. The zero-order chi connectivity index (χ0) is 30.5. The number of nitrogens with one attached hydrogen (secondary N) is 1. The molecule has 1 atom stereocenters. The molecule has 1 aliphatic carbocycles. The summed E-state index contributed by atoms with van der Waals surface area (Å²) in [7, 11) is 0. The summed E-state index contributed by atoms with van der Waals surface area (Å²) in [5, 5.41) is 3.28. The molecule has 1 N–H and O–H groups in total. The molecule has 5 aromatic carbocycles. The van der Waals surface area contributed by atoms with Crippen molar-refractivity contribution < 1.29 is 19.1 Å². The van der Waals surface area contributed by atoms with Gasteiger partial charge in [0, 0.05) is 33.7 Å². The molecular weight excluding hydrogens is 570 g/mol. The van der Waals surface area contributed by atoms with Gasteiger partial charge in [0.15, 0.2) is 5.60 Å². The molecule has 0 unspecified atom stereocenters. The Morgan fingerprint density at radius 3 is 1.80 bits per heavy atom.